The Morgan fingerprint density at radius 1 is 1.42 bits per heavy atom. The number of hydrogen-bond acceptors (Lipinski definition) is 2. The van der Waals surface area contributed by atoms with Crippen molar-refractivity contribution in [3.05, 3.63) is 33.7 Å². The molecule has 0 spiro atoms. The molecule has 0 fully saturated rings. The Hall–Kier alpha value is -1.14. The van der Waals surface area contributed by atoms with E-state index in [2.05, 4.69) is 14.8 Å². The average Bonchev–Trinajstić information content (AvgIpc) is 2.00. The topological polar surface area (TPSA) is 30.1 Å². The third-order valence-corrected chi connectivity index (χ3v) is 1.92. The zero-order valence-electron chi connectivity index (χ0n) is 6.93. The molecular weight excluding hydrogens is 174 g/mol. The molecule has 0 N–H and O–H groups in total. The molecule has 0 aliphatic carbocycles. The fraction of sp³-hybridized carbons (Fsp3) is 0.375. The molecule has 0 saturated heterocycles. The highest BCUT2D eigenvalue weighted by molar-refractivity contribution is 6.31. The van der Waals surface area contributed by atoms with Gasteiger partial charge in [-0.1, -0.05) is 11.6 Å². The summed E-state index contributed by atoms with van der Waals surface area (Å²) >= 11 is 5.88. The van der Waals surface area contributed by atoms with Crippen LogP contribution in [0.25, 0.3) is 4.85 Å². The minimum Gasteiger partial charge on any atom is -0.310 e. The second kappa shape index (κ2) is 3.51. The highest BCUT2D eigenvalue weighted by Crippen LogP contribution is 2.17. The van der Waals surface area contributed by atoms with E-state index in [1.165, 1.54) is 0 Å². The summed E-state index contributed by atoms with van der Waals surface area (Å²) in [7, 11) is 0. The molecule has 1 rings (SSSR count). The van der Waals surface area contributed by atoms with Crippen molar-refractivity contribution >= 4 is 11.6 Å². The molecule has 1 heterocycles. The standard InChI is InChI=1S/C8H8ClN3/c1-5-8(9)7(4-10-3)12-6(2)11-5/h4H2,1-2H3. The van der Waals surface area contributed by atoms with Gasteiger partial charge in [-0.3, -0.25) is 0 Å². The fourth-order valence-corrected chi connectivity index (χ4v) is 1.09. The van der Waals surface area contributed by atoms with Gasteiger partial charge in [0.25, 0.3) is 6.54 Å². The van der Waals surface area contributed by atoms with Gasteiger partial charge in [-0.15, -0.1) is 0 Å². The van der Waals surface area contributed by atoms with Crippen LogP contribution in [0.3, 0.4) is 0 Å². The van der Waals surface area contributed by atoms with Gasteiger partial charge < -0.3 is 4.85 Å². The highest BCUT2D eigenvalue weighted by Gasteiger charge is 2.08. The van der Waals surface area contributed by atoms with Crippen molar-refractivity contribution in [1.29, 1.82) is 0 Å². The first kappa shape index (κ1) is 8.95. The summed E-state index contributed by atoms with van der Waals surface area (Å²) in [6.45, 7) is 10.5. The Labute approximate surface area is 76.2 Å². The van der Waals surface area contributed by atoms with Gasteiger partial charge in [0.1, 0.15) is 11.5 Å². The third kappa shape index (κ3) is 1.72. The van der Waals surface area contributed by atoms with Gasteiger partial charge in [0, 0.05) is 0 Å². The summed E-state index contributed by atoms with van der Waals surface area (Å²) < 4.78 is 0. The zero-order valence-corrected chi connectivity index (χ0v) is 7.68. The van der Waals surface area contributed by atoms with Crippen LogP contribution in [-0.2, 0) is 6.54 Å². The third-order valence-electron chi connectivity index (χ3n) is 1.43. The Balaban J connectivity index is 3.20. The lowest BCUT2D eigenvalue weighted by atomic mass is 10.3. The highest BCUT2D eigenvalue weighted by atomic mass is 35.5. The first-order chi connectivity index (χ1) is 5.65. The molecule has 62 valence electrons. The van der Waals surface area contributed by atoms with Crippen LogP contribution in [0.2, 0.25) is 5.02 Å². The number of aromatic nitrogens is 2. The zero-order chi connectivity index (χ0) is 9.14. The van der Waals surface area contributed by atoms with Crippen molar-refractivity contribution in [3.8, 4) is 0 Å². The quantitative estimate of drug-likeness (QED) is 0.622. The maximum Gasteiger partial charge on any atom is 0.257 e. The van der Waals surface area contributed by atoms with Crippen molar-refractivity contribution in [2.24, 2.45) is 0 Å². The normalized spacial score (nSPS) is 9.50. The summed E-state index contributed by atoms with van der Waals surface area (Å²) in [6, 6.07) is 0. The smallest absolute Gasteiger partial charge is 0.257 e. The second-order valence-electron chi connectivity index (χ2n) is 2.43. The van der Waals surface area contributed by atoms with Crippen molar-refractivity contribution in [1.82, 2.24) is 9.97 Å². The predicted octanol–water partition coefficient (Wildman–Crippen LogP) is 2.17. The number of nitrogens with zero attached hydrogens (tertiary/aromatic N) is 3. The van der Waals surface area contributed by atoms with Crippen molar-refractivity contribution in [2.75, 3.05) is 0 Å². The fourth-order valence-electron chi connectivity index (χ4n) is 0.950. The van der Waals surface area contributed by atoms with E-state index in [1.807, 2.05) is 6.92 Å². The molecule has 0 bridgehead atoms. The Morgan fingerprint density at radius 3 is 2.67 bits per heavy atom. The van der Waals surface area contributed by atoms with Crippen molar-refractivity contribution < 1.29 is 0 Å². The van der Waals surface area contributed by atoms with Crippen LogP contribution in [0.5, 0.6) is 0 Å². The van der Waals surface area contributed by atoms with Gasteiger partial charge in [-0.05, 0) is 13.8 Å². The van der Waals surface area contributed by atoms with Gasteiger partial charge in [-0.25, -0.2) is 16.5 Å². The van der Waals surface area contributed by atoms with E-state index in [0.717, 1.165) is 5.69 Å². The van der Waals surface area contributed by atoms with Crippen LogP contribution >= 0.6 is 11.6 Å². The van der Waals surface area contributed by atoms with Crippen LogP contribution in [0.15, 0.2) is 0 Å². The largest absolute Gasteiger partial charge is 0.310 e. The molecule has 0 amide bonds. The number of rotatable bonds is 1. The van der Waals surface area contributed by atoms with E-state index in [4.69, 9.17) is 18.2 Å². The van der Waals surface area contributed by atoms with Gasteiger partial charge in [0.05, 0.1) is 10.7 Å². The van der Waals surface area contributed by atoms with Gasteiger partial charge in [-0.2, -0.15) is 0 Å². The number of hydrogen-bond donors (Lipinski definition) is 0. The first-order valence-electron chi connectivity index (χ1n) is 3.48. The van der Waals surface area contributed by atoms with E-state index in [0.29, 0.717) is 16.5 Å². The van der Waals surface area contributed by atoms with Gasteiger partial charge in [0.2, 0.25) is 0 Å². The lowest BCUT2D eigenvalue weighted by Gasteiger charge is -2.00. The summed E-state index contributed by atoms with van der Waals surface area (Å²) in [4.78, 5) is 11.4. The molecule has 1 aromatic rings. The summed E-state index contributed by atoms with van der Waals surface area (Å²) in [5, 5.41) is 0.511. The molecule has 0 radical (unpaired) electrons. The Kier molecular flexibility index (Phi) is 2.61. The lowest BCUT2D eigenvalue weighted by molar-refractivity contribution is 0.950. The lowest BCUT2D eigenvalue weighted by Crippen LogP contribution is -1.98. The minimum atomic E-state index is 0.225. The maximum absolute atomic E-state index is 6.68. The monoisotopic (exact) mass is 181 g/mol. The summed E-state index contributed by atoms with van der Waals surface area (Å²) in [6.07, 6.45) is 0. The molecule has 0 unspecified atom stereocenters. The minimum absolute atomic E-state index is 0.225. The SMILES string of the molecule is [C-]#[N+]Cc1nc(C)nc(C)c1Cl. The molecule has 0 aromatic carbocycles. The van der Waals surface area contributed by atoms with Gasteiger partial charge in [0.15, 0.2) is 0 Å². The van der Waals surface area contributed by atoms with E-state index < -0.39 is 0 Å². The van der Waals surface area contributed by atoms with Crippen molar-refractivity contribution in [2.45, 2.75) is 20.4 Å². The molecular formula is C8H8ClN3. The number of halogens is 1. The molecule has 4 heteroatoms. The molecule has 0 saturated carbocycles. The van der Waals surface area contributed by atoms with Crippen LogP contribution < -0.4 is 0 Å². The van der Waals surface area contributed by atoms with Crippen LogP contribution in [-0.4, -0.2) is 9.97 Å². The Morgan fingerprint density at radius 2 is 2.08 bits per heavy atom. The number of aryl methyl sites for hydroxylation is 2. The predicted molar refractivity (Wildman–Crippen MR) is 46.8 cm³/mol. The van der Waals surface area contributed by atoms with Gasteiger partial charge >= 0.3 is 0 Å². The molecule has 1 aromatic heterocycles. The molecule has 0 aliphatic heterocycles. The van der Waals surface area contributed by atoms with E-state index >= 15 is 0 Å². The van der Waals surface area contributed by atoms with Crippen LogP contribution in [0.4, 0.5) is 0 Å². The summed E-state index contributed by atoms with van der Waals surface area (Å²) in [5.41, 5.74) is 1.36. The first-order valence-corrected chi connectivity index (χ1v) is 3.85. The van der Waals surface area contributed by atoms with E-state index in [9.17, 15) is 0 Å². The molecule has 0 atom stereocenters. The Bertz CT molecular complexity index is 341. The molecule has 0 aliphatic rings. The van der Waals surface area contributed by atoms with Crippen LogP contribution in [0.1, 0.15) is 17.2 Å². The molecule has 12 heavy (non-hydrogen) atoms. The average molecular weight is 182 g/mol. The van der Waals surface area contributed by atoms with Crippen molar-refractivity contribution in [3.63, 3.8) is 0 Å². The van der Waals surface area contributed by atoms with Crippen LogP contribution in [0, 0.1) is 20.4 Å². The second-order valence-corrected chi connectivity index (χ2v) is 2.81. The maximum atomic E-state index is 6.68. The van der Waals surface area contributed by atoms with E-state index in [-0.39, 0.29) is 6.54 Å². The van der Waals surface area contributed by atoms with E-state index in [1.54, 1.807) is 6.92 Å². The summed E-state index contributed by atoms with van der Waals surface area (Å²) in [5.74, 6) is 0.663. The molecule has 3 nitrogen and oxygen atoms in total.